The minimum atomic E-state index is -0.759. The Balaban J connectivity index is 1.65. The van der Waals surface area contributed by atoms with E-state index in [0.717, 1.165) is 11.1 Å². The van der Waals surface area contributed by atoms with Crippen LogP contribution in [-0.2, 0) is 31.1 Å². The van der Waals surface area contributed by atoms with Crippen molar-refractivity contribution in [3.63, 3.8) is 0 Å². The first-order chi connectivity index (χ1) is 18.8. The van der Waals surface area contributed by atoms with Gasteiger partial charge in [0.1, 0.15) is 25.3 Å². The van der Waals surface area contributed by atoms with Gasteiger partial charge >= 0.3 is 0 Å². The highest BCUT2D eigenvalue weighted by molar-refractivity contribution is 6.04. The molecule has 0 radical (unpaired) electrons. The lowest BCUT2D eigenvalue weighted by atomic mass is 9.79. The number of nitriles is 1. The number of benzene rings is 2. The Bertz CT molecular complexity index is 1230. The third-order valence-electron chi connectivity index (χ3n) is 8.11. The van der Waals surface area contributed by atoms with Crippen molar-refractivity contribution < 1.29 is 9.47 Å². The normalized spacial score (nSPS) is 19.9. The summed E-state index contributed by atoms with van der Waals surface area (Å²) in [5.41, 5.74) is 7.39. The molecule has 0 amide bonds. The number of ether oxygens (including phenoxy) is 2. The first-order valence-electron chi connectivity index (χ1n) is 14.9. The number of aliphatic imine (C=N–C) groups is 2. The van der Waals surface area contributed by atoms with Crippen molar-refractivity contribution in [1.29, 1.82) is 5.26 Å². The average Bonchev–Trinajstić information content (AvgIpc) is 3.53. The van der Waals surface area contributed by atoms with Crippen molar-refractivity contribution in [1.82, 2.24) is 0 Å². The van der Waals surface area contributed by atoms with Gasteiger partial charge in [0.15, 0.2) is 5.92 Å². The van der Waals surface area contributed by atoms with Crippen molar-refractivity contribution in [3.05, 3.63) is 69.8 Å². The molecule has 2 atom stereocenters. The van der Waals surface area contributed by atoms with Crippen molar-refractivity contribution in [2.24, 2.45) is 15.9 Å². The van der Waals surface area contributed by atoms with Gasteiger partial charge in [-0.05, 0) is 55.0 Å². The summed E-state index contributed by atoms with van der Waals surface area (Å²) in [6.07, 6.45) is 0. The summed E-state index contributed by atoms with van der Waals surface area (Å²) in [5.74, 6) is 0.0363. The summed E-state index contributed by atoms with van der Waals surface area (Å²) in [6, 6.07) is 15.6. The van der Waals surface area contributed by atoms with E-state index in [9.17, 15) is 5.26 Å². The second-order valence-corrected chi connectivity index (χ2v) is 15.8. The Morgan fingerprint density at radius 3 is 1.12 bits per heavy atom. The number of nitrogens with zero attached hydrogens (tertiary/aromatic N) is 3. The van der Waals surface area contributed by atoms with Crippen LogP contribution in [0.1, 0.15) is 129 Å². The fourth-order valence-corrected chi connectivity index (χ4v) is 5.08. The molecule has 0 spiro atoms. The fourth-order valence-electron chi connectivity index (χ4n) is 5.08. The van der Waals surface area contributed by atoms with Gasteiger partial charge in [0.2, 0.25) is 11.8 Å². The Kier molecular flexibility index (Phi) is 7.97. The Morgan fingerprint density at radius 2 is 0.878 bits per heavy atom. The number of rotatable bonds is 4. The molecule has 0 saturated heterocycles. The minimum absolute atomic E-state index is 0.00971. The van der Waals surface area contributed by atoms with E-state index >= 15 is 0 Å². The molecule has 2 heterocycles. The maximum atomic E-state index is 10.2. The van der Waals surface area contributed by atoms with Gasteiger partial charge in [0.05, 0.1) is 6.07 Å². The van der Waals surface area contributed by atoms with Crippen LogP contribution in [0.5, 0.6) is 0 Å². The topological polar surface area (TPSA) is 67.0 Å². The highest BCUT2D eigenvalue weighted by Crippen LogP contribution is 2.37. The maximum Gasteiger partial charge on any atom is 0.211 e. The molecule has 0 aromatic heterocycles. The van der Waals surface area contributed by atoms with E-state index in [-0.39, 0.29) is 33.7 Å². The summed E-state index contributed by atoms with van der Waals surface area (Å²) in [4.78, 5) is 9.84. The van der Waals surface area contributed by atoms with Crippen molar-refractivity contribution in [3.8, 4) is 6.07 Å². The van der Waals surface area contributed by atoms with E-state index in [0.29, 0.717) is 25.0 Å². The molecule has 2 aliphatic heterocycles. The lowest BCUT2D eigenvalue weighted by Crippen LogP contribution is -2.23. The van der Waals surface area contributed by atoms with Crippen LogP contribution in [-0.4, -0.2) is 25.0 Å². The van der Waals surface area contributed by atoms with Crippen molar-refractivity contribution in [2.75, 3.05) is 13.2 Å². The highest BCUT2D eigenvalue weighted by atomic mass is 16.5. The molecule has 0 aliphatic carbocycles. The van der Waals surface area contributed by atoms with Gasteiger partial charge in [-0.15, -0.1) is 0 Å². The fraction of sp³-hybridized carbons (Fsp3) is 0.583. The van der Waals surface area contributed by atoms with E-state index in [4.69, 9.17) is 19.5 Å². The highest BCUT2D eigenvalue weighted by Gasteiger charge is 2.36. The van der Waals surface area contributed by atoms with Gasteiger partial charge in [-0.25, -0.2) is 9.98 Å². The van der Waals surface area contributed by atoms with E-state index in [1.807, 2.05) is 0 Å². The summed E-state index contributed by atoms with van der Waals surface area (Å²) >= 11 is 0. The Morgan fingerprint density at radius 1 is 0.585 bits per heavy atom. The van der Waals surface area contributed by atoms with E-state index in [1.54, 1.807) is 0 Å². The Hall–Kier alpha value is -3.13. The summed E-state index contributed by atoms with van der Waals surface area (Å²) < 4.78 is 12.1. The SMILES string of the molecule is CC(C)(C)c1cc([C@H]2COC(C(C#N)C3=N[C@@H](c4cc(C(C)(C)C)cc(C(C)(C)C)c4)CO3)=N2)cc(C(C)(C)C)c1. The zero-order valence-electron chi connectivity index (χ0n) is 27.3. The van der Waals surface area contributed by atoms with Gasteiger partial charge in [-0.2, -0.15) is 5.26 Å². The summed E-state index contributed by atoms with van der Waals surface area (Å²) in [7, 11) is 0. The molecular formula is C36H49N3O2. The molecule has 2 aliphatic rings. The molecule has 4 rings (SSSR count). The maximum absolute atomic E-state index is 10.2. The quantitative estimate of drug-likeness (QED) is 0.379. The molecule has 220 valence electrons. The smallest absolute Gasteiger partial charge is 0.211 e. The van der Waals surface area contributed by atoms with Crippen LogP contribution >= 0.6 is 0 Å². The van der Waals surface area contributed by atoms with E-state index < -0.39 is 5.92 Å². The molecule has 0 bridgehead atoms. The lowest BCUT2D eigenvalue weighted by Gasteiger charge is -2.26. The zero-order chi connectivity index (χ0) is 30.5. The minimum Gasteiger partial charge on any atom is -0.477 e. The molecule has 0 fully saturated rings. The second-order valence-electron chi connectivity index (χ2n) is 15.8. The molecule has 5 nitrogen and oxygen atoms in total. The summed E-state index contributed by atoms with van der Waals surface area (Å²) in [6.45, 7) is 27.6. The number of hydrogen-bond acceptors (Lipinski definition) is 5. The molecule has 0 N–H and O–H groups in total. The molecule has 0 saturated carbocycles. The third-order valence-corrected chi connectivity index (χ3v) is 8.11. The average molecular weight is 556 g/mol. The predicted octanol–water partition coefficient (Wildman–Crippen LogP) is 8.66. The van der Waals surface area contributed by atoms with E-state index in [2.05, 4.69) is 126 Å². The number of hydrogen-bond donors (Lipinski definition) is 0. The first kappa shape index (κ1) is 30.8. The van der Waals surface area contributed by atoms with Gasteiger partial charge in [0, 0.05) is 0 Å². The van der Waals surface area contributed by atoms with Crippen molar-refractivity contribution >= 4 is 11.8 Å². The van der Waals surface area contributed by atoms with Crippen LogP contribution in [0.3, 0.4) is 0 Å². The summed E-state index contributed by atoms with van der Waals surface area (Å²) in [5, 5.41) is 10.2. The van der Waals surface area contributed by atoms with Gasteiger partial charge in [-0.3, -0.25) is 0 Å². The largest absolute Gasteiger partial charge is 0.477 e. The van der Waals surface area contributed by atoms with Crippen LogP contribution in [0.25, 0.3) is 0 Å². The molecular weight excluding hydrogens is 506 g/mol. The molecule has 0 unspecified atom stereocenters. The van der Waals surface area contributed by atoms with Crippen LogP contribution in [0, 0.1) is 17.2 Å². The van der Waals surface area contributed by atoms with E-state index in [1.165, 1.54) is 22.3 Å². The van der Waals surface area contributed by atoms with Gasteiger partial charge in [-0.1, -0.05) is 119 Å². The van der Waals surface area contributed by atoms with Crippen LogP contribution in [0.4, 0.5) is 0 Å². The van der Waals surface area contributed by atoms with Gasteiger partial charge < -0.3 is 9.47 Å². The molecule has 2 aromatic rings. The Labute approximate surface area is 248 Å². The predicted molar refractivity (Wildman–Crippen MR) is 169 cm³/mol. The zero-order valence-corrected chi connectivity index (χ0v) is 27.3. The molecule has 41 heavy (non-hydrogen) atoms. The monoisotopic (exact) mass is 555 g/mol. The second kappa shape index (κ2) is 10.6. The van der Waals surface area contributed by atoms with Crippen LogP contribution in [0.2, 0.25) is 0 Å². The first-order valence-corrected chi connectivity index (χ1v) is 14.9. The lowest BCUT2D eigenvalue weighted by molar-refractivity contribution is 0.292. The third kappa shape index (κ3) is 6.85. The standard InChI is InChI=1S/C36H49N3O2/c1-33(2,3)24-13-22(14-25(17-24)34(4,5)6)29-20-40-31(38-29)28(19-37)32-39-30(21-41-32)23-15-26(35(7,8)9)18-27(16-23)36(10,11)12/h13-18,28-30H,20-21H2,1-12H3/t29-,30-/m1/s1. The van der Waals surface area contributed by atoms with Gasteiger partial charge in [0.25, 0.3) is 0 Å². The molecule has 5 heteroatoms. The van der Waals surface area contributed by atoms with Crippen molar-refractivity contribution in [2.45, 2.75) is 117 Å². The molecule has 2 aromatic carbocycles. The van der Waals surface area contributed by atoms with Crippen LogP contribution in [0.15, 0.2) is 46.4 Å². The van der Waals surface area contributed by atoms with Crippen LogP contribution < -0.4 is 0 Å².